The van der Waals surface area contributed by atoms with Crippen molar-refractivity contribution in [1.82, 2.24) is 5.32 Å². The molecule has 1 heterocycles. The Balaban J connectivity index is 1.26. The number of para-hydroxylation sites is 1. The van der Waals surface area contributed by atoms with Gasteiger partial charge < -0.3 is 30.2 Å². The first-order valence-corrected chi connectivity index (χ1v) is 15.0. The second-order valence-corrected chi connectivity index (χ2v) is 10.6. The summed E-state index contributed by atoms with van der Waals surface area (Å²) in [6.45, 7) is 3.28. The minimum atomic E-state index is -0.515. The van der Waals surface area contributed by atoms with Crippen molar-refractivity contribution in [3.63, 3.8) is 0 Å². The minimum Gasteiger partial charge on any atom is -0.493 e. The molecule has 224 valence electrons. The lowest BCUT2D eigenvalue weighted by Gasteiger charge is -2.19. The molecule has 0 aromatic heterocycles. The summed E-state index contributed by atoms with van der Waals surface area (Å²) in [7, 11) is 0. The molecular formula is C34H31N3O6S. The zero-order valence-corrected chi connectivity index (χ0v) is 24.8. The molecule has 3 N–H and O–H groups in total. The number of nitrogens with one attached hydrogen (secondary N) is 3. The fraction of sp³-hybridized carbons (Fsp3) is 0.147. The van der Waals surface area contributed by atoms with Crippen LogP contribution in [0.4, 0.5) is 11.4 Å². The van der Waals surface area contributed by atoms with Gasteiger partial charge in [0.05, 0.1) is 12.4 Å². The second-order valence-electron chi connectivity index (χ2n) is 9.53. The van der Waals surface area contributed by atoms with Gasteiger partial charge in [0.1, 0.15) is 24.7 Å². The van der Waals surface area contributed by atoms with E-state index < -0.39 is 11.8 Å². The maximum absolute atomic E-state index is 13.5. The molecule has 44 heavy (non-hydrogen) atoms. The third-order valence-corrected chi connectivity index (χ3v) is 7.33. The number of ether oxygens (including phenoxy) is 3. The van der Waals surface area contributed by atoms with Crippen LogP contribution < -0.4 is 30.2 Å². The molecule has 0 fully saturated rings. The molecule has 1 aliphatic rings. The van der Waals surface area contributed by atoms with Crippen molar-refractivity contribution in [2.24, 2.45) is 0 Å². The molecular weight excluding hydrogens is 578 g/mol. The smallest absolute Gasteiger partial charge is 0.272 e. The van der Waals surface area contributed by atoms with E-state index in [9.17, 15) is 14.4 Å². The summed E-state index contributed by atoms with van der Waals surface area (Å²) >= 11 is 1.32. The number of hydrogen-bond acceptors (Lipinski definition) is 7. The van der Waals surface area contributed by atoms with Crippen molar-refractivity contribution in [2.75, 3.05) is 36.2 Å². The van der Waals surface area contributed by atoms with E-state index in [1.54, 1.807) is 78.9 Å². The van der Waals surface area contributed by atoms with Crippen LogP contribution in [-0.2, 0) is 9.59 Å². The molecule has 10 heteroatoms. The molecule has 4 aromatic carbocycles. The molecule has 0 aliphatic carbocycles. The van der Waals surface area contributed by atoms with Crippen LogP contribution in [0.1, 0.15) is 22.8 Å². The van der Waals surface area contributed by atoms with E-state index in [1.165, 1.54) is 11.8 Å². The first kappa shape index (κ1) is 30.2. The average molecular weight is 610 g/mol. The number of carbonyl (C=O) groups excluding carboxylic acids is 3. The maximum atomic E-state index is 13.5. The normalized spacial score (nSPS) is 12.2. The number of thioether (sulfide) groups is 1. The fourth-order valence-corrected chi connectivity index (χ4v) is 5.07. The van der Waals surface area contributed by atoms with Crippen LogP contribution in [0.15, 0.2) is 108 Å². The molecule has 3 amide bonds. The third-order valence-electron chi connectivity index (χ3n) is 6.34. The number of fused-ring (bicyclic) bond motifs is 1. The monoisotopic (exact) mass is 609 g/mol. The molecule has 0 unspecified atom stereocenters. The largest absolute Gasteiger partial charge is 0.493 e. The Morgan fingerprint density at radius 1 is 0.818 bits per heavy atom. The van der Waals surface area contributed by atoms with E-state index in [-0.39, 0.29) is 17.4 Å². The van der Waals surface area contributed by atoms with Gasteiger partial charge in [-0.05, 0) is 61.5 Å². The lowest BCUT2D eigenvalue weighted by molar-refractivity contribution is -0.114. The van der Waals surface area contributed by atoms with E-state index in [0.717, 1.165) is 4.90 Å². The van der Waals surface area contributed by atoms with Gasteiger partial charge in [-0.25, -0.2) is 0 Å². The van der Waals surface area contributed by atoms with Gasteiger partial charge in [0, 0.05) is 33.5 Å². The molecule has 0 saturated carbocycles. The van der Waals surface area contributed by atoms with Gasteiger partial charge in [-0.15, -0.1) is 11.8 Å². The topological polar surface area (TPSA) is 115 Å². The van der Waals surface area contributed by atoms with E-state index in [2.05, 4.69) is 16.0 Å². The maximum Gasteiger partial charge on any atom is 0.272 e. The predicted octanol–water partition coefficient (Wildman–Crippen LogP) is 6.00. The van der Waals surface area contributed by atoms with Gasteiger partial charge in [-0.2, -0.15) is 0 Å². The fourth-order valence-electron chi connectivity index (χ4n) is 4.31. The van der Waals surface area contributed by atoms with Gasteiger partial charge in [-0.3, -0.25) is 14.4 Å². The van der Waals surface area contributed by atoms with Crippen LogP contribution in [0.25, 0.3) is 6.08 Å². The van der Waals surface area contributed by atoms with Crippen molar-refractivity contribution in [2.45, 2.75) is 11.8 Å². The van der Waals surface area contributed by atoms with Gasteiger partial charge in [-0.1, -0.05) is 42.5 Å². The Labute approximate surface area is 259 Å². The summed E-state index contributed by atoms with van der Waals surface area (Å²) in [6.07, 6.45) is 1.59. The summed E-state index contributed by atoms with van der Waals surface area (Å²) in [4.78, 5) is 39.9. The Morgan fingerprint density at radius 2 is 1.57 bits per heavy atom. The van der Waals surface area contributed by atoms with E-state index in [1.807, 2.05) is 31.2 Å². The molecule has 0 atom stereocenters. The van der Waals surface area contributed by atoms with Crippen molar-refractivity contribution >= 4 is 46.9 Å². The molecule has 5 rings (SSSR count). The number of anilines is 2. The number of rotatable bonds is 11. The number of carbonyl (C=O) groups is 3. The van der Waals surface area contributed by atoms with Crippen molar-refractivity contribution in [3.8, 4) is 17.2 Å². The summed E-state index contributed by atoms with van der Waals surface area (Å²) < 4.78 is 16.8. The summed E-state index contributed by atoms with van der Waals surface area (Å²) in [5.74, 6) is 0.857. The molecule has 1 aliphatic heterocycles. The Bertz CT molecular complexity index is 1670. The van der Waals surface area contributed by atoms with Gasteiger partial charge in [0.15, 0.2) is 11.5 Å². The van der Waals surface area contributed by atoms with Crippen LogP contribution in [0, 0.1) is 0 Å². The number of amides is 3. The van der Waals surface area contributed by atoms with Gasteiger partial charge in [0.25, 0.3) is 11.8 Å². The predicted molar refractivity (Wildman–Crippen MR) is 171 cm³/mol. The molecule has 0 radical (unpaired) electrons. The SMILES string of the molecule is CCOc1ccccc1/C=C(/NC(=O)c1ccccc1)C(=O)Nc1cccc(SCC(=O)Nc2ccc3c(c2)OCCO3)c1. The quantitative estimate of drug-likeness (QED) is 0.141. The average Bonchev–Trinajstić information content (AvgIpc) is 3.05. The zero-order chi connectivity index (χ0) is 30.7. The van der Waals surface area contributed by atoms with E-state index in [4.69, 9.17) is 14.2 Å². The second kappa shape index (κ2) is 14.8. The molecule has 0 bridgehead atoms. The molecule has 9 nitrogen and oxygen atoms in total. The summed E-state index contributed by atoms with van der Waals surface area (Å²) in [5, 5.41) is 8.48. The molecule has 0 saturated heterocycles. The van der Waals surface area contributed by atoms with Crippen LogP contribution >= 0.6 is 11.8 Å². The molecule has 0 spiro atoms. The van der Waals surface area contributed by atoms with Crippen molar-refractivity contribution in [1.29, 1.82) is 0 Å². The van der Waals surface area contributed by atoms with E-state index >= 15 is 0 Å². The minimum absolute atomic E-state index is 0.0443. The number of hydrogen-bond donors (Lipinski definition) is 3. The lowest BCUT2D eigenvalue weighted by atomic mass is 10.1. The Morgan fingerprint density at radius 3 is 2.39 bits per heavy atom. The Kier molecular flexibility index (Phi) is 10.2. The highest BCUT2D eigenvalue weighted by atomic mass is 32.2. The number of benzene rings is 4. The third kappa shape index (κ3) is 8.20. The van der Waals surface area contributed by atoms with Crippen LogP contribution in [-0.4, -0.2) is 43.3 Å². The first-order valence-electron chi connectivity index (χ1n) is 14.0. The highest BCUT2D eigenvalue weighted by Gasteiger charge is 2.17. The van der Waals surface area contributed by atoms with Crippen molar-refractivity contribution < 1.29 is 28.6 Å². The first-order chi connectivity index (χ1) is 21.5. The Hall–Kier alpha value is -5.22. The zero-order valence-electron chi connectivity index (χ0n) is 24.0. The lowest BCUT2D eigenvalue weighted by Crippen LogP contribution is -2.30. The van der Waals surface area contributed by atoms with Crippen molar-refractivity contribution in [3.05, 3.63) is 114 Å². The highest BCUT2D eigenvalue weighted by molar-refractivity contribution is 8.00. The standard InChI is InChI=1S/C34H31N3O6S/c1-2-41-29-14-7-6-11-24(29)19-28(37-33(39)23-9-4-3-5-10-23)34(40)36-25-12-8-13-27(20-25)44-22-32(38)35-26-15-16-30-31(21-26)43-18-17-42-30/h3-16,19-21H,2,17-18,22H2,1H3,(H,35,38)(H,36,40)(H,37,39)/b28-19+. The van der Waals surface area contributed by atoms with Crippen LogP contribution in [0.5, 0.6) is 17.2 Å². The van der Waals surface area contributed by atoms with Crippen LogP contribution in [0.2, 0.25) is 0 Å². The van der Waals surface area contributed by atoms with E-state index in [0.29, 0.717) is 59.6 Å². The van der Waals surface area contributed by atoms with Gasteiger partial charge >= 0.3 is 0 Å². The highest BCUT2D eigenvalue weighted by Crippen LogP contribution is 2.33. The van der Waals surface area contributed by atoms with Crippen LogP contribution in [0.3, 0.4) is 0 Å². The summed E-state index contributed by atoms with van der Waals surface area (Å²) in [5.41, 5.74) is 2.22. The van der Waals surface area contributed by atoms with Gasteiger partial charge in [0.2, 0.25) is 5.91 Å². The summed E-state index contributed by atoms with van der Waals surface area (Å²) in [6, 6.07) is 28.3. The molecule has 4 aromatic rings.